The minimum absolute atomic E-state index is 0.0826. The van der Waals surface area contributed by atoms with Crippen LogP contribution >= 0.6 is 0 Å². The third-order valence-electron chi connectivity index (χ3n) is 3.93. The van der Waals surface area contributed by atoms with E-state index in [0.29, 0.717) is 19.4 Å². The van der Waals surface area contributed by atoms with Gasteiger partial charge in [0.15, 0.2) is 0 Å². The second kappa shape index (κ2) is 7.02. The molecule has 1 heterocycles. The number of carbonyl (C=O) groups excluding carboxylic acids is 1. The zero-order valence-electron chi connectivity index (χ0n) is 12.1. The monoisotopic (exact) mass is 288 g/mol. The summed E-state index contributed by atoms with van der Waals surface area (Å²) in [4.78, 5) is 29.3. The normalized spacial score (nSPS) is 21.0. The summed E-state index contributed by atoms with van der Waals surface area (Å²) in [5.41, 5.74) is 1.11. The maximum Gasteiger partial charge on any atom is 0.307 e. The molecule has 0 bridgehead atoms. The lowest BCUT2D eigenvalue weighted by atomic mass is 9.82. The van der Waals surface area contributed by atoms with E-state index in [2.05, 4.69) is 4.98 Å². The zero-order chi connectivity index (χ0) is 15.2. The fraction of sp³-hybridized carbons (Fsp3) is 0.438. The molecule has 0 spiro atoms. The van der Waals surface area contributed by atoms with Gasteiger partial charge in [-0.2, -0.15) is 0 Å². The predicted molar refractivity (Wildman–Crippen MR) is 78.6 cm³/mol. The van der Waals surface area contributed by atoms with E-state index >= 15 is 0 Å². The van der Waals surface area contributed by atoms with E-state index in [0.717, 1.165) is 12.0 Å². The first-order chi connectivity index (χ1) is 10.1. The molecule has 1 aliphatic carbocycles. The van der Waals surface area contributed by atoms with Crippen molar-refractivity contribution < 1.29 is 14.7 Å². The molecule has 2 atom stereocenters. The van der Waals surface area contributed by atoms with Crippen molar-refractivity contribution in [1.82, 2.24) is 9.88 Å². The van der Waals surface area contributed by atoms with Gasteiger partial charge in [-0.15, -0.1) is 0 Å². The first kappa shape index (κ1) is 15.2. The number of allylic oxidation sites excluding steroid dienone is 2. The van der Waals surface area contributed by atoms with Gasteiger partial charge < -0.3 is 10.0 Å². The fourth-order valence-corrected chi connectivity index (χ4v) is 2.60. The Bertz CT molecular complexity index is 528. The van der Waals surface area contributed by atoms with Crippen molar-refractivity contribution in [3.05, 3.63) is 42.2 Å². The molecule has 0 saturated heterocycles. The molecule has 1 aromatic rings. The highest BCUT2D eigenvalue weighted by Gasteiger charge is 2.35. The number of hydrogen-bond acceptors (Lipinski definition) is 3. The van der Waals surface area contributed by atoms with Crippen LogP contribution in [0.1, 0.15) is 18.4 Å². The third-order valence-corrected chi connectivity index (χ3v) is 3.93. The molecule has 112 valence electrons. The van der Waals surface area contributed by atoms with E-state index in [1.807, 2.05) is 24.3 Å². The highest BCUT2D eigenvalue weighted by atomic mass is 16.4. The molecular weight excluding hydrogens is 268 g/mol. The minimum Gasteiger partial charge on any atom is -0.481 e. The van der Waals surface area contributed by atoms with Crippen LogP contribution in [0.2, 0.25) is 0 Å². The van der Waals surface area contributed by atoms with Crippen LogP contribution in [0.5, 0.6) is 0 Å². The summed E-state index contributed by atoms with van der Waals surface area (Å²) in [5.74, 6) is -2.03. The molecule has 5 heteroatoms. The molecule has 0 aliphatic heterocycles. The van der Waals surface area contributed by atoms with Crippen molar-refractivity contribution in [3.8, 4) is 0 Å². The third kappa shape index (κ3) is 3.90. The maximum absolute atomic E-state index is 12.5. The number of carboxylic acids is 1. The number of pyridine rings is 1. The molecule has 0 aromatic carbocycles. The lowest BCUT2D eigenvalue weighted by molar-refractivity contribution is -0.150. The van der Waals surface area contributed by atoms with Gasteiger partial charge in [0.25, 0.3) is 0 Å². The van der Waals surface area contributed by atoms with Crippen LogP contribution in [-0.4, -0.2) is 40.5 Å². The van der Waals surface area contributed by atoms with E-state index in [1.165, 1.54) is 0 Å². The summed E-state index contributed by atoms with van der Waals surface area (Å²) >= 11 is 0. The molecule has 1 aromatic heterocycles. The number of nitrogens with zero attached hydrogens (tertiary/aromatic N) is 2. The van der Waals surface area contributed by atoms with E-state index in [1.54, 1.807) is 24.3 Å². The van der Waals surface area contributed by atoms with Crippen LogP contribution in [0.4, 0.5) is 0 Å². The van der Waals surface area contributed by atoms with E-state index < -0.39 is 17.8 Å². The van der Waals surface area contributed by atoms with Crippen LogP contribution in [0, 0.1) is 11.8 Å². The summed E-state index contributed by atoms with van der Waals surface area (Å²) in [5, 5.41) is 9.24. The van der Waals surface area contributed by atoms with E-state index in [9.17, 15) is 14.7 Å². The number of aliphatic carboxylic acids is 1. The van der Waals surface area contributed by atoms with Crippen LogP contribution in [0.3, 0.4) is 0 Å². The first-order valence-corrected chi connectivity index (χ1v) is 7.11. The first-order valence-electron chi connectivity index (χ1n) is 7.11. The smallest absolute Gasteiger partial charge is 0.307 e. The maximum atomic E-state index is 12.5. The standard InChI is InChI=1S/C16H20N2O3/c1-18(11-8-12-6-9-17-10-7-12)15(19)13-4-2-3-5-14(13)16(20)21/h2-3,6-7,9-10,13-14H,4-5,8,11H2,1H3,(H,20,21). The van der Waals surface area contributed by atoms with Crippen molar-refractivity contribution in [2.45, 2.75) is 19.3 Å². The lowest BCUT2D eigenvalue weighted by Crippen LogP contribution is -2.40. The number of carboxylic acid groups (broad SMARTS) is 1. The topological polar surface area (TPSA) is 70.5 Å². The Hall–Kier alpha value is -2.17. The Morgan fingerprint density at radius 3 is 2.48 bits per heavy atom. The van der Waals surface area contributed by atoms with Crippen LogP contribution in [0.25, 0.3) is 0 Å². The Balaban J connectivity index is 1.95. The average Bonchev–Trinajstić information content (AvgIpc) is 2.52. The van der Waals surface area contributed by atoms with E-state index in [-0.39, 0.29) is 5.91 Å². The highest BCUT2D eigenvalue weighted by molar-refractivity contribution is 5.85. The summed E-state index contributed by atoms with van der Waals surface area (Å²) in [6.07, 6.45) is 8.88. The van der Waals surface area contributed by atoms with Gasteiger partial charge in [0, 0.05) is 26.0 Å². The second-order valence-electron chi connectivity index (χ2n) is 5.36. The van der Waals surface area contributed by atoms with Gasteiger partial charge in [-0.3, -0.25) is 14.6 Å². The number of aromatic nitrogens is 1. The van der Waals surface area contributed by atoms with Crippen LogP contribution in [0.15, 0.2) is 36.7 Å². The van der Waals surface area contributed by atoms with Crippen LogP contribution < -0.4 is 0 Å². The largest absolute Gasteiger partial charge is 0.481 e. The Morgan fingerprint density at radius 2 is 1.86 bits per heavy atom. The van der Waals surface area contributed by atoms with Crippen molar-refractivity contribution >= 4 is 11.9 Å². The van der Waals surface area contributed by atoms with E-state index in [4.69, 9.17) is 0 Å². The molecule has 2 unspecified atom stereocenters. The van der Waals surface area contributed by atoms with Gasteiger partial charge in [-0.25, -0.2) is 0 Å². The van der Waals surface area contributed by atoms with Crippen molar-refractivity contribution in [2.75, 3.05) is 13.6 Å². The molecule has 2 rings (SSSR count). The molecule has 0 saturated carbocycles. The Labute approximate surface area is 124 Å². The molecule has 1 amide bonds. The molecule has 21 heavy (non-hydrogen) atoms. The Morgan fingerprint density at radius 1 is 1.24 bits per heavy atom. The SMILES string of the molecule is CN(CCc1ccncc1)C(=O)C1CC=CCC1C(=O)O. The molecule has 5 nitrogen and oxygen atoms in total. The highest BCUT2D eigenvalue weighted by Crippen LogP contribution is 2.27. The van der Waals surface area contributed by atoms with Gasteiger partial charge in [0.2, 0.25) is 5.91 Å². The molecule has 0 fully saturated rings. The molecular formula is C16H20N2O3. The van der Waals surface area contributed by atoms with Gasteiger partial charge in [-0.1, -0.05) is 12.2 Å². The number of hydrogen-bond donors (Lipinski definition) is 1. The molecule has 1 N–H and O–H groups in total. The second-order valence-corrected chi connectivity index (χ2v) is 5.36. The number of amides is 1. The zero-order valence-corrected chi connectivity index (χ0v) is 12.1. The van der Waals surface area contributed by atoms with Crippen LogP contribution in [-0.2, 0) is 16.0 Å². The summed E-state index contributed by atoms with van der Waals surface area (Å²) in [6, 6.07) is 3.84. The van der Waals surface area contributed by atoms with Gasteiger partial charge in [0.1, 0.15) is 0 Å². The summed E-state index contributed by atoms with van der Waals surface area (Å²) < 4.78 is 0. The molecule has 0 radical (unpaired) electrons. The average molecular weight is 288 g/mol. The van der Waals surface area contributed by atoms with Crippen molar-refractivity contribution in [3.63, 3.8) is 0 Å². The quantitative estimate of drug-likeness (QED) is 0.838. The minimum atomic E-state index is -0.889. The summed E-state index contributed by atoms with van der Waals surface area (Å²) in [6.45, 7) is 0.579. The number of carbonyl (C=O) groups is 2. The van der Waals surface area contributed by atoms with Gasteiger partial charge >= 0.3 is 5.97 Å². The predicted octanol–water partition coefficient (Wildman–Crippen LogP) is 1.75. The van der Waals surface area contributed by atoms with Gasteiger partial charge in [0.05, 0.1) is 11.8 Å². The Kier molecular flexibility index (Phi) is 5.09. The van der Waals surface area contributed by atoms with Crippen molar-refractivity contribution in [2.24, 2.45) is 11.8 Å². The summed E-state index contributed by atoms with van der Waals surface area (Å²) in [7, 11) is 1.74. The van der Waals surface area contributed by atoms with Crippen molar-refractivity contribution in [1.29, 1.82) is 0 Å². The fourth-order valence-electron chi connectivity index (χ4n) is 2.60. The van der Waals surface area contributed by atoms with Gasteiger partial charge in [-0.05, 0) is 37.0 Å². The number of likely N-dealkylation sites (N-methyl/N-ethyl adjacent to an activating group) is 1. The number of rotatable bonds is 5. The molecule has 1 aliphatic rings. The lowest BCUT2D eigenvalue weighted by Gasteiger charge is -2.28.